The number of aliphatic hydroxyl groups is 1. The van der Waals surface area contributed by atoms with Crippen molar-refractivity contribution < 1.29 is 15.0 Å². The van der Waals surface area contributed by atoms with Crippen molar-refractivity contribution in [3.8, 4) is 0 Å². The molecule has 1 aliphatic heterocycles. The van der Waals surface area contributed by atoms with Gasteiger partial charge in [-0.2, -0.15) is 0 Å². The van der Waals surface area contributed by atoms with Crippen LogP contribution in [0.2, 0.25) is 0 Å². The number of rotatable bonds is 5. The van der Waals surface area contributed by atoms with Crippen molar-refractivity contribution in [2.24, 2.45) is 5.92 Å². The Kier molecular flexibility index (Phi) is 3.49. The van der Waals surface area contributed by atoms with Crippen LogP contribution < -0.4 is 0 Å². The molecular formula is C8H15NO3. The van der Waals surface area contributed by atoms with E-state index in [1.54, 1.807) is 0 Å². The molecular weight excluding hydrogens is 158 g/mol. The van der Waals surface area contributed by atoms with Gasteiger partial charge in [-0.15, -0.1) is 0 Å². The summed E-state index contributed by atoms with van der Waals surface area (Å²) in [5.41, 5.74) is 0. The van der Waals surface area contributed by atoms with Crippen molar-refractivity contribution in [1.82, 2.24) is 4.90 Å². The minimum Gasteiger partial charge on any atom is -0.481 e. The second-order valence-corrected chi connectivity index (χ2v) is 3.30. The van der Waals surface area contributed by atoms with Gasteiger partial charge in [-0.3, -0.25) is 4.79 Å². The lowest BCUT2D eigenvalue weighted by Gasteiger charge is -2.38. The summed E-state index contributed by atoms with van der Waals surface area (Å²) < 4.78 is 0. The number of carboxylic acid groups (broad SMARTS) is 1. The van der Waals surface area contributed by atoms with E-state index in [1.807, 2.05) is 0 Å². The summed E-state index contributed by atoms with van der Waals surface area (Å²) in [5.74, 6) is -0.372. The molecule has 0 radical (unpaired) electrons. The Morgan fingerprint density at radius 1 is 1.50 bits per heavy atom. The van der Waals surface area contributed by atoms with Crippen LogP contribution in [0, 0.1) is 5.92 Å². The molecule has 0 unspecified atom stereocenters. The Labute approximate surface area is 71.8 Å². The Hall–Kier alpha value is -0.610. The van der Waals surface area contributed by atoms with E-state index in [9.17, 15) is 4.79 Å². The summed E-state index contributed by atoms with van der Waals surface area (Å²) in [6.45, 7) is 2.88. The first-order valence-corrected chi connectivity index (χ1v) is 4.27. The molecule has 1 heterocycles. The Morgan fingerprint density at radius 3 is 2.67 bits per heavy atom. The number of likely N-dealkylation sites (tertiary alicyclic amines) is 1. The van der Waals surface area contributed by atoms with E-state index in [1.165, 1.54) is 0 Å². The highest BCUT2D eigenvalue weighted by atomic mass is 16.4. The summed E-state index contributed by atoms with van der Waals surface area (Å²) in [5, 5.41) is 17.0. The maximum absolute atomic E-state index is 10.3. The second-order valence-electron chi connectivity index (χ2n) is 3.30. The molecule has 0 aromatic rings. The van der Waals surface area contributed by atoms with Crippen molar-refractivity contribution >= 4 is 5.97 Å². The highest BCUT2D eigenvalue weighted by molar-refractivity contribution is 5.67. The molecule has 0 aliphatic carbocycles. The van der Waals surface area contributed by atoms with Gasteiger partial charge in [-0.1, -0.05) is 0 Å². The molecule has 1 rings (SSSR count). The molecule has 0 amide bonds. The minimum absolute atomic E-state index is 0.222. The van der Waals surface area contributed by atoms with Crippen molar-refractivity contribution in [2.75, 3.05) is 26.2 Å². The van der Waals surface area contributed by atoms with Crippen LogP contribution in [0.3, 0.4) is 0 Å². The van der Waals surface area contributed by atoms with Crippen LogP contribution >= 0.6 is 0 Å². The van der Waals surface area contributed by atoms with Gasteiger partial charge in [0.15, 0.2) is 0 Å². The van der Waals surface area contributed by atoms with Crippen molar-refractivity contribution in [3.63, 3.8) is 0 Å². The van der Waals surface area contributed by atoms with Gasteiger partial charge < -0.3 is 15.1 Å². The van der Waals surface area contributed by atoms with E-state index >= 15 is 0 Å². The summed E-state index contributed by atoms with van der Waals surface area (Å²) >= 11 is 0. The van der Waals surface area contributed by atoms with Gasteiger partial charge in [0.1, 0.15) is 0 Å². The summed E-state index contributed by atoms with van der Waals surface area (Å²) in [7, 11) is 0. The molecule has 4 heteroatoms. The highest BCUT2D eigenvalue weighted by Gasteiger charge is 2.27. The molecule has 70 valence electrons. The second kappa shape index (κ2) is 4.42. The number of carboxylic acids is 1. The van der Waals surface area contributed by atoms with Crippen LogP contribution in [0.25, 0.3) is 0 Å². The Balaban J connectivity index is 2.00. The predicted molar refractivity (Wildman–Crippen MR) is 43.9 cm³/mol. The highest BCUT2D eigenvalue weighted by Crippen LogP contribution is 2.18. The van der Waals surface area contributed by atoms with Gasteiger partial charge in [0, 0.05) is 26.2 Å². The maximum Gasteiger partial charge on any atom is 0.303 e. The largest absolute Gasteiger partial charge is 0.481 e. The Bertz CT molecular complexity index is 154. The average molecular weight is 173 g/mol. The van der Waals surface area contributed by atoms with E-state index in [0.717, 1.165) is 26.1 Å². The van der Waals surface area contributed by atoms with Crippen molar-refractivity contribution in [1.29, 1.82) is 0 Å². The van der Waals surface area contributed by atoms with Crippen LogP contribution in [-0.2, 0) is 4.79 Å². The lowest BCUT2D eigenvalue weighted by atomic mass is 9.96. The first-order chi connectivity index (χ1) is 5.72. The smallest absolute Gasteiger partial charge is 0.303 e. The molecule has 1 saturated heterocycles. The maximum atomic E-state index is 10.3. The van der Waals surface area contributed by atoms with E-state index in [0.29, 0.717) is 5.92 Å². The van der Waals surface area contributed by atoms with Gasteiger partial charge >= 0.3 is 5.97 Å². The van der Waals surface area contributed by atoms with Gasteiger partial charge in [0.2, 0.25) is 0 Å². The molecule has 1 fully saturated rings. The summed E-state index contributed by atoms with van der Waals surface area (Å²) in [6, 6.07) is 0. The van der Waals surface area contributed by atoms with Gasteiger partial charge in [0.05, 0.1) is 6.42 Å². The third kappa shape index (κ3) is 2.79. The average Bonchev–Trinajstić information content (AvgIpc) is 1.93. The summed E-state index contributed by atoms with van der Waals surface area (Å²) in [6.07, 6.45) is 1.08. The van der Waals surface area contributed by atoms with E-state index in [2.05, 4.69) is 4.90 Å². The van der Waals surface area contributed by atoms with Crippen LogP contribution in [0.15, 0.2) is 0 Å². The molecule has 4 nitrogen and oxygen atoms in total. The van der Waals surface area contributed by atoms with Crippen LogP contribution in [-0.4, -0.2) is 47.3 Å². The molecule has 0 bridgehead atoms. The van der Waals surface area contributed by atoms with Crippen LogP contribution in [0.5, 0.6) is 0 Å². The number of nitrogens with zero attached hydrogens (tertiary/aromatic N) is 1. The first kappa shape index (κ1) is 9.48. The van der Waals surface area contributed by atoms with Crippen LogP contribution in [0.1, 0.15) is 12.8 Å². The Morgan fingerprint density at radius 2 is 2.17 bits per heavy atom. The number of carbonyl (C=O) groups is 1. The van der Waals surface area contributed by atoms with Crippen molar-refractivity contribution in [3.05, 3.63) is 0 Å². The zero-order valence-corrected chi connectivity index (χ0v) is 7.07. The third-order valence-corrected chi connectivity index (χ3v) is 2.13. The molecule has 2 N–H and O–H groups in total. The van der Waals surface area contributed by atoms with E-state index < -0.39 is 5.97 Å². The topological polar surface area (TPSA) is 60.8 Å². The van der Waals surface area contributed by atoms with Gasteiger partial charge in [0.25, 0.3) is 0 Å². The summed E-state index contributed by atoms with van der Waals surface area (Å²) in [4.78, 5) is 12.4. The molecule has 0 atom stereocenters. The molecule has 0 spiro atoms. The number of aliphatic carboxylic acids is 1. The third-order valence-electron chi connectivity index (χ3n) is 2.13. The number of aliphatic hydroxyl groups excluding tert-OH is 1. The SMILES string of the molecule is O=C(O)CC1CN(CCCO)C1. The fraction of sp³-hybridized carbons (Fsp3) is 0.875. The quantitative estimate of drug-likeness (QED) is 0.603. The lowest BCUT2D eigenvalue weighted by Crippen LogP contribution is -2.47. The van der Waals surface area contributed by atoms with Crippen LogP contribution in [0.4, 0.5) is 0 Å². The molecule has 0 aromatic heterocycles. The molecule has 0 saturated carbocycles. The van der Waals surface area contributed by atoms with Gasteiger partial charge in [-0.25, -0.2) is 0 Å². The van der Waals surface area contributed by atoms with Crippen molar-refractivity contribution in [2.45, 2.75) is 12.8 Å². The fourth-order valence-electron chi connectivity index (χ4n) is 1.53. The van der Waals surface area contributed by atoms with E-state index in [4.69, 9.17) is 10.2 Å². The standard InChI is InChI=1S/C8H15NO3/c10-3-1-2-9-5-7(6-9)4-8(11)12/h7,10H,1-6H2,(H,11,12). The monoisotopic (exact) mass is 173 g/mol. The van der Waals surface area contributed by atoms with Gasteiger partial charge in [-0.05, 0) is 12.3 Å². The molecule has 0 aromatic carbocycles. The first-order valence-electron chi connectivity index (χ1n) is 4.27. The minimum atomic E-state index is -0.707. The lowest BCUT2D eigenvalue weighted by molar-refractivity contribution is -0.139. The molecule has 1 aliphatic rings. The molecule has 12 heavy (non-hydrogen) atoms. The zero-order chi connectivity index (χ0) is 8.97. The fourth-order valence-corrected chi connectivity index (χ4v) is 1.53. The zero-order valence-electron chi connectivity index (χ0n) is 7.07. The predicted octanol–water partition coefficient (Wildman–Crippen LogP) is -0.225. The number of hydrogen-bond donors (Lipinski definition) is 2. The van der Waals surface area contributed by atoms with E-state index in [-0.39, 0.29) is 13.0 Å². The normalized spacial score (nSPS) is 19.1. The number of hydrogen-bond acceptors (Lipinski definition) is 3.